The van der Waals surface area contributed by atoms with Gasteiger partial charge in [-0.25, -0.2) is 9.78 Å². The number of primary amides is 1. The Kier molecular flexibility index (Phi) is 5.36. The van der Waals surface area contributed by atoms with Crippen LogP contribution < -0.4 is 10.5 Å². The lowest BCUT2D eigenvalue weighted by atomic mass is 10.0. The largest absolute Gasteiger partial charge is 0.484 e. The lowest BCUT2D eigenvalue weighted by Gasteiger charge is -2.21. The zero-order valence-electron chi connectivity index (χ0n) is 16.4. The lowest BCUT2D eigenvalue weighted by Crippen LogP contribution is -2.34. The number of nitrogens with two attached hydrogens (primary N) is 1. The zero-order chi connectivity index (χ0) is 21.1. The number of hydrogen-bond donors (Lipinski definition) is 2. The maximum Gasteiger partial charge on any atom is 0.339 e. The Labute approximate surface area is 173 Å². The average molecular weight is 403 g/mol. The van der Waals surface area contributed by atoms with Crippen LogP contribution in [-0.2, 0) is 6.61 Å². The van der Waals surface area contributed by atoms with Crippen molar-refractivity contribution in [3.63, 3.8) is 0 Å². The molecule has 1 unspecified atom stereocenters. The number of aromatic nitrogens is 1. The van der Waals surface area contributed by atoms with Crippen molar-refractivity contribution in [3.8, 4) is 16.9 Å². The number of oxazole rings is 1. The van der Waals surface area contributed by atoms with Gasteiger partial charge >= 0.3 is 6.03 Å². The Bertz CT molecular complexity index is 1120. The van der Waals surface area contributed by atoms with E-state index in [1.165, 1.54) is 0 Å². The number of fused-ring (bicyclic) bond motifs is 1. The molecule has 1 aromatic heterocycles. The molecule has 30 heavy (non-hydrogen) atoms. The topological polar surface area (TPSA) is 102 Å². The first kappa shape index (κ1) is 19.5. The molecular formula is C23H21N3O4. The van der Waals surface area contributed by atoms with Gasteiger partial charge in [0.2, 0.25) is 5.89 Å². The number of hydrogen-bond acceptors (Lipinski definition) is 5. The molecule has 0 spiro atoms. The van der Waals surface area contributed by atoms with E-state index in [1.54, 1.807) is 6.92 Å². The Hall–Kier alpha value is -3.84. The van der Waals surface area contributed by atoms with Crippen molar-refractivity contribution in [2.45, 2.75) is 19.6 Å². The van der Waals surface area contributed by atoms with Crippen molar-refractivity contribution < 1.29 is 19.2 Å². The summed E-state index contributed by atoms with van der Waals surface area (Å²) in [7, 11) is 0. The maximum atomic E-state index is 11.1. The number of para-hydroxylation sites is 2. The maximum absolute atomic E-state index is 11.1. The van der Waals surface area contributed by atoms with Gasteiger partial charge in [-0.15, -0.1) is 0 Å². The summed E-state index contributed by atoms with van der Waals surface area (Å²) in [6, 6.07) is 21.4. The Morgan fingerprint density at radius 3 is 2.33 bits per heavy atom. The summed E-state index contributed by atoms with van der Waals surface area (Å²) in [5.74, 6) is 1.24. The third kappa shape index (κ3) is 4.11. The molecule has 0 saturated heterocycles. The third-order valence-electron chi connectivity index (χ3n) is 4.87. The fraction of sp³-hybridized carbons (Fsp3) is 0.130. The lowest BCUT2D eigenvalue weighted by molar-refractivity contribution is -0.0709. The summed E-state index contributed by atoms with van der Waals surface area (Å²) < 4.78 is 11.4. The van der Waals surface area contributed by atoms with E-state index in [4.69, 9.17) is 14.9 Å². The van der Waals surface area contributed by atoms with Crippen molar-refractivity contribution in [1.29, 1.82) is 0 Å². The zero-order valence-corrected chi connectivity index (χ0v) is 16.4. The molecule has 0 bridgehead atoms. The van der Waals surface area contributed by atoms with Gasteiger partial charge in [-0.1, -0.05) is 48.5 Å². The van der Waals surface area contributed by atoms with Crippen LogP contribution in [0.3, 0.4) is 0 Å². The number of hydroxylamine groups is 2. The van der Waals surface area contributed by atoms with E-state index in [0.29, 0.717) is 16.7 Å². The molecule has 0 aliphatic heterocycles. The summed E-state index contributed by atoms with van der Waals surface area (Å²) in [6.45, 7) is 1.95. The van der Waals surface area contributed by atoms with Crippen LogP contribution in [0.15, 0.2) is 77.2 Å². The van der Waals surface area contributed by atoms with E-state index in [2.05, 4.69) is 4.98 Å². The predicted molar refractivity (Wildman–Crippen MR) is 112 cm³/mol. The Morgan fingerprint density at radius 1 is 1.07 bits per heavy atom. The molecule has 0 aliphatic carbocycles. The summed E-state index contributed by atoms with van der Waals surface area (Å²) in [5.41, 5.74) is 9.45. The quantitative estimate of drug-likeness (QED) is 0.352. The summed E-state index contributed by atoms with van der Waals surface area (Å²) in [5, 5.41) is 10.2. The predicted octanol–water partition coefficient (Wildman–Crippen LogP) is 4.90. The second kappa shape index (κ2) is 8.26. The first-order valence-corrected chi connectivity index (χ1v) is 9.46. The van der Waals surface area contributed by atoms with Crippen LogP contribution in [0.4, 0.5) is 4.79 Å². The minimum atomic E-state index is -0.889. The molecule has 0 fully saturated rings. The monoisotopic (exact) mass is 403 g/mol. The minimum absolute atomic E-state index is 0.248. The first-order valence-electron chi connectivity index (χ1n) is 9.46. The van der Waals surface area contributed by atoms with Crippen molar-refractivity contribution >= 4 is 17.1 Å². The molecule has 1 atom stereocenters. The van der Waals surface area contributed by atoms with Crippen LogP contribution in [0.25, 0.3) is 22.2 Å². The molecule has 3 N–H and O–H groups in total. The van der Waals surface area contributed by atoms with Crippen LogP contribution >= 0.6 is 0 Å². The first-order chi connectivity index (χ1) is 14.5. The standard InChI is InChI=1S/C23H21N3O4/c1-15(26(28)23(24)27)16-6-8-17(9-7-16)18-10-12-19(13-11-18)29-14-22-25-20-4-2-3-5-21(20)30-22/h2-13,15,28H,14H2,1H3,(H2,24,27). The Morgan fingerprint density at radius 2 is 1.70 bits per heavy atom. The third-order valence-corrected chi connectivity index (χ3v) is 4.87. The minimum Gasteiger partial charge on any atom is -0.484 e. The van der Waals surface area contributed by atoms with E-state index in [0.717, 1.165) is 27.8 Å². The van der Waals surface area contributed by atoms with Gasteiger partial charge in [-0.05, 0) is 47.9 Å². The van der Waals surface area contributed by atoms with Gasteiger partial charge in [-0.3, -0.25) is 5.21 Å². The number of nitrogens with zero attached hydrogens (tertiary/aromatic N) is 2. The Balaban J connectivity index is 1.41. The molecule has 7 nitrogen and oxygen atoms in total. The van der Waals surface area contributed by atoms with Gasteiger partial charge in [-0.2, -0.15) is 5.06 Å². The number of amides is 2. The molecular weight excluding hydrogens is 382 g/mol. The van der Waals surface area contributed by atoms with Crippen molar-refractivity contribution in [2.75, 3.05) is 0 Å². The highest BCUT2D eigenvalue weighted by Crippen LogP contribution is 2.26. The van der Waals surface area contributed by atoms with E-state index in [1.807, 2.05) is 72.8 Å². The molecule has 3 aromatic carbocycles. The number of benzene rings is 3. The molecule has 0 saturated carbocycles. The number of ether oxygens (including phenoxy) is 1. The van der Waals surface area contributed by atoms with Gasteiger partial charge in [0.25, 0.3) is 0 Å². The van der Waals surface area contributed by atoms with E-state index in [-0.39, 0.29) is 6.61 Å². The highest BCUT2D eigenvalue weighted by atomic mass is 16.5. The fourth-order valence-corrected chi connectivity index (χ4v) is 3.16. The smallest absolute Gasteiger partial charge is 0.339 e. The summed E-state index contributed by atoms with van der Waals surface area (Å²) in [6.07, 6.45) is 0. The molecule has 7 heteroatoms. The molecule has 2 amide bonds. The van der Waals surface area contributed by atoms with Crippen LogP contribution in [0.2, 0.25) is 0 Å². The molecule has 1 heterocycles. The van der Waals surface area contributed by atoms with Crippen LogP contribution in [0.5, 0.6) is 5.75 Å². The van der Waals surface area contributed by atoms with Crippen LogP contribution in [-0.4, -0.2) is 21.3 Å². The molecule has 4 aromatic rings. The molecule has 0 radical (unpaired) electrons. The summed E-state index contributed by atoms with van der Waals surface area (Å²) >= 11 is 0. The van der Waals surface area contributed by atoms with Crippen LogP contribution in [0, 0.1) is 0 Å². The second-order valence-electron chi connectivity index (χ2n) is 6.87. The SMILES string of the molecule is CC(c1ccc(-c2ccc(OCc3nc4ccccc4o3)cc2)cc1)N(O)C(N)=O. The highest BCUT2D eigenvalue weighted by Gasteiger charge is 2.16. The van der Waals surface area contributed by atoms with Gasteiger partial charge in [0.15, 0.2) is 12.2 Å². The number of urea groups is 1. The molecule has 152 valence electrons. The van der Waals surface area contributed by atoms with Crippen molar-refractivity contribution in [1.82, 2.24) is 10.0 Å². The van der Waals surface area contributed by atoms with Gasteiger partial charge in [0.05, 0.1) is 6.04 Å². The van der Waals surface area contributed by atoms with Gasteiger partial charge in [0.1, 0.15) is 11.3 Å². The normalized spacial score (nSPS) is 11.9. The van der Waals surface area contributed by atoms with E-state index in [9.17, 15) is 10.0 Å². The fourth-order valence-electron chi connectivity index (χ4n) is 3.16. The van der Waals surface area contributed by atoms with Gasteiger partial charge in [0, 0.05) is 0 Å². The highest BCUT2D eigenvalue weighted by molar-refractivity contribution is 5.72. The number of carbonyl (C=O) groups excluding carboxylic acids is 1. The van der Waals surface area contributed by atoms with E-state index >= 15 is 0 Å². The van der Waals surface area contributed by atoms with Crippen molar-refractivity contribution in [2.24, 2.45) is 5.73 Å². The molecule has 4 rings (SSSR count). The average Bonchev–Trinajstić information content (AvgIpc) is 3.20. The van der Waals surface area contributed by atoms with E-state index < -0.39 is 12.1 Å². The van der Waals surface area contributed by atoms with Crippen molar-refractivity contribution in [3.05, 3.63) is 84.3 Å². The van der Waals surface area contributed by atoms with Crippen LogP contribution in [0.1, 0.15) is 24.4 Å². The summed E-state index contributed by atoms with van der Waals surface area (Å²) in [4.78, 5) is 15.5. The van der Waals surface area contributed by atoms with Gasteiger partial charge < -0.3 is 14.9 Å². The number of rotatable bonds is 6. The molecule has 0 aliphatic rings. The number of carbonyl (C=O) groups is 1. The second-order valence-corrected chi connectivity index (χ2v) is 6.87.